The van der Waals surface area contributed by atoms with Crippen molar-refractivity contribution in [3.63, 3.8) is 0 Å². The third kappa shape index (κ3) is 4.93. The second kappa shape index (κ2) is 6.74. The molecule has 0 saturated heterocycles. The van der Waals surface area contributed by atoms with E-state index in [-0.39, 0.29) is 5.54 Å². The molecule has 0 unspecified atom stereocenters. The number of ether oxygens (including phenoxy) is 1. The highest BCUT2D eigenvalue weighted by Crippen LogP contribution is 2.25. The molecule has 4 heteroatoms. The van der Waals surface area contributed by atoms with E-state index >= 15 is 0 Å². The predicted molar refractivity (Wildman–Crippen MR) is 89.4 cm³/mol. The Kier molecular flexibility index (Phi) is 5.24. The van der Waals surface area contributed by atoms with E-state index in [9.17, 15) is 0 Å². The largest absolute Gasteiger partial charge is 0.488 e. The monoisotopic (exact) mass is 353 g/mol. The summed E-state index contributed by atoms with van der Waals surface area (Å²) >= 11 is 5.18. The van der Waals surface area contributed by atoms with Gasteiger partial charge in [-0.15, -0.1) is 11.3 Å². The zero-order valence-corrected chi connectivity index (χ0v) is 14.5. The van der Waals surface area contributed by atoms with Crippen molar-refractivity contribution in [3.05, 3.63) is 50.6 Å². The summed E-state index contributed by atoms with van der Waals surface area (Å²) in [4.78, 5) is 1.22. The third-order valence-electron chi connectivity index (χ3n) is 2.78. The lowest BCUT2D eigenvalue weighted by molar-refractivity contribution is 0.303. The molecule has 2 nitrogen and oxygen atoms in total. The van der Waals surface area contributed by atoms with Crippen molar-refractivity contribution in [2.45, 2.75) is 39.5 Å². The Morgan fingerprint density at radius 3 is 2.55 bits per heavy atom. The van der Waals surface area contributed by atoms with Crippen LogP contribution in [-0.4, -0.2) is 5.54 Å². The maximum Gasteiger partial charge on any atom is 0.124 e. The van der Waals surface area contributed by atoms with Gasteiger partial charge in [0, 0.05) is 22.5 Å². The third-order valence-corrected chi connectivity index (χ3v) is 4.38. The number of halogens is 1. The smallest absolute Gasteiger partial charge is 0.124 e. The molecule has 0 atom stereocenters. The van der Waals surface area contributed by atoms with E-state index in [1.807, 2.05) is 18.2 Å². The summed E-state index contributed by atoms with van der Waals surface area (Å²) in [7, 11) is 0. The van der Waals surface area contributed by atoms with E-state index in [0.29, 0.717) is 6.61 Å². The molecule has 0 bridgehead atoms. The molecule has 0 amide bonds. The van der Waals surface area contributed by atoms with Gasteiger partial charge >= 0.3 is 0 Å². The molecule has 0 aliphatic rings. The van der Waals surface area contributed by atoms with E-state index in [2.05, 4.69) is 60.2 Å². The Morgan fingerprint density at radius 2 is 1.90 bits per heavy atom. The molecule has 1 aromatic carbocycles. The van der Waals surface area contributed by atoms with Gasteiger partial charge < -0.3 is 10.1 Å². The number of hydrogen-bond acceptors (Lipinski definition) is 3. The Balaban J connectivity index is 2.00. The van der Waals surface area contributed by atoms with E-state index in [1.165, 1.54) is 10.4 Å². The molecule has 0 spiro atoms. The van der Waals surface area contributed by atoms with Crippen molar-refractivity contribution in [2.24, 2.45) is 0 Å². The van der Waals surface area contributed by atoms with E-state index < -0.39 is 0 Å². The lowest BCUT2D eigenvalue weighted by Gasteiger charge is -2.21. The fourth-order valence-corrected chi connectivity index (χ4v) is 3.13. The van der Waals surface area contributed by atoms with Crippen LogP contribution < -0.4 is 10.1 Å². The quantitative estimate of drug-likeness (QED) is 0.818. The van der Waals surface area contributed by atoms with Gasteiger partial charge in [0.15, 0.2) is 0 Å². The topological polar surface area (TPSA) is 21.3 Å². The minimum atomic E-state index is 0.103. The van der Waals surface area contributed by atoms with Crippen LogP contribution in [0.4, 0.5) is 0 Å². The van der Waals surface area contributed by atoms with Gasteiger partial charge in [-0.3, -0.25) is 0 Å². The summed E-state index contributed by atoms with van der Waals surface area (Å²) in [6.45, 7) is 7.93. The van der Waals surface area contributed by atoms with Crippen molar-refractivity contribution >= 4 is 27.3 Å². The highest BCUT2D eigenvalue weighted by Gasteiger charge is 2.11. The maximum absolute atomic E-state index is 5.95. The minimum Gasteiger partial charge on any atom is -0.488 e. The summed E-state index contributed by atoms with van der Waals surface area (Å²) in [6.07, 6.45) is 0. The van der Waals surface area contributed by atoms with Crippen molar-refractivity contribution in [1.82, 2.24) is 5.32 Å². The molecule has 0 aliphatic heterocycles. The zero-order valence-electron chi connectivity index (χ0n) is 12.1. The van der Waals surface area contributed by atoms with Crippen LogP contribution in [0, 0.1) is 0 Å². The number of hydrogen-bond donors (Lipinski definition) is 1. The van der Waals surface area contributed by atoms with Gasteiger partial charge in [0.25, 0.3) is 0 Å². The van der Waals surface area contributed by atoms with Crippen LogP contribution in [0.1, 0.15) is 31.2 Å². The van der Waals surface area contributed by atoms with Gasteiger partial charge in [0.2, 0.25) is 0 Å². The number of nitrogens with one attached hydrogen (secondary N) is 1. The van der Waals surface area contributed by atoms with Gasteiger partial charge in [-0.05, 0) is 54.9 Å². The van der Waals surface area contributed by atoms with Crippen LogP contribution in [0.25, 0.3) is 0 Å². The molecule has 1 N–H and O–H groups in total. The number of thiophene rings is 1. The summed E-state index contributed by atoms with van der Waals surface area (Å²) in [5.41, 5.74) is 1.30. The molecule has 2 rings (SSSR count). The highest BCUT2D eigenvalue weighted by atomic mass is 79.9. The molecule has 0 aliphatic carbocycles. The fourth-order valence-electron chi connectivity index (χ4n) is 1.73. The molecule has 20 heavy (non-hydrogen) atoms. The number of para-hydroxylation sites is 1. The van der Waals surface area contributed by atoms with Gasteiger partial charge in [-0.1, -0.05) is 18.2 Å². The second-order valence-electron chi connectivity index (χ2n) is 5.71. The summed E-state index contributed by atoms with van der Waals surface area (Å²) in [6, 6.07) is 12.3. The fraction of sp³-hybridized carbons (Fsp3) is 0.375. The first-order valence-electron chi connectivity index (χ1n) is 6.64. The van der Waals surface area contributed by atoms with Crippen molar-refractivity contribution in [2.75, 3.05) is 0 Å². The molecular weight excluding hydrogens is 334 g/mol. The summed E-state index contributed by atoms with van der Waals surface area (Å²) in [5, 5.41) is 3.50. The zero-order chi connectivity index (χ0) is 14.6. The molecule has 1 aromatic heterocycles. The van der Waals surface area contributed by atoms with E-state index in [0.717, 1.165) is 16.1 Å². The summed E-state index contributed by atoms with van der Waals surface area (Å²) < 4.78 is 7.09. The lowest BCUT2D eigenvalue weighted by atomic mass is 10.1. The molecule has 0 saturated carbocycles. The molecule has 108 valence electrons. The molecule has 1 heterocycles. The Bertz CT molecular complexity index is 560. The Labute approximate surface area is 133 Å². The highest BCUT2D eigenvalue weighted by molar-refractivity contribution is 9.11. The van der Waals surface area contributed by atoms with E-state index in [1.54, 1.807) is 11.3 Å². The Morgan fingerprint density at radius 1 is 1.15 bits per heavy atom. The van der Waals surface area contributed by atoms with Gasteiger partial charge in [-0.2, -0.15) is 0 Å². The lowest BCUT2D eigenvalue weighted by Crippen LogP contribution is -2.35. The first kappa shape index (κ1) is 15.5. The number of benzene rings is 1. The van der Waals surface area contributed by atoms with Gasteiger partial charge in [-0.25, -0.2) is 0 Å². The molecule has 2 aromatic rings. The van der Waals surface area contributed by atoms with Crippen molar-refractivity contribution in [3.8, 4) is 5.75 Å². The van der Waals surface area contributed by atoms with Crippen LogP contribution in [0.2, 0.25) is 0 Å². The molecule has 0 fully saturated rings. The average Bonchev–Trinajstić information content (AvgIpc) is 2.80. The predicted octanol–water partition coefficient (Wildman–Crippen LogP) is 4.98. The standard InChI is InChI=1S/C16H20BrNOS/c1-16(2,3)18-10-12-6-4-5-7-14(12)19-11-13-8-9-15(17)20-13/h4-9,18H,10-11H2,1-3H3. The SMILES string of the molecule is CC(C)(C)NCc1ccccc1OCc1ccc(Br)s1. The van der Waals surface area contributed by atoms with Crippen LogP contribution in [0.5, 0.6) is 5.75 Å². The van der Waals surface area contributed by atoms with Crippen LogP contribution >= 0.6 is 27.3 Å². The average molecular weight is 354 g/mol. The number of rotatable bonds is 5. The van der Waals surface area contributed by atoms with Crippen LogP contribution in [0.3, 0.4) is 0 Å². The van der Waals surface area contributed by atoms with Crippen molar-refractivity contribution < 1.29 is 4.74 Å². The minimum absolute atomic E-state index is 0.103. The normalized spacial score (nSPS) is 11.6. The molecule has 0 radical (unpaired) electrons. The first-order chi connectivity index (χ1) is 9.44. The van der Waals surface area contributed by atoms with E-state index in [4.69, 9.17) is 4.74 Å². The van der Waals surface area contributed by atoms with Crippen LogP contribution in [-0.2, 0) is 13.2 Å². The maximum atomic E-state index is 5.95. The Hall–Kier alpha value is -0.840. The molecular formula is C16H20BrNOS. The van der Waals surface area contributed by atoms with Crippen molar-refractivity contribution in [1.29, 1.82) is 0 Å². The first-order valence-corrected chi connectivity index (χ1v) is 8.25. The van der Waals surface area contributed by atoms with Gasteiger partial charge in [0.1, 0.15) is 12.4 Å². The second-order valence-corrected chi connectivity index (χ2v) is 8.25. The van der Waals surface area contributed by atoms with Gasteiger partial charge in [0.05, 0.1) is 3.79 Å². The van der Waals surface area contributed by atoms with Crippen LogP contribution in [0.15, 0.2) is 40.2 Å². The summed E-state index contributed by atoms with van der Waals surface area (Å²) in [5.74, 6) is 0.953.